The number of fused-ring (bicyclic) bond motifs is 1. The van der Waals surface area contributed by atoms with Gasteiger partial charge in [0.1, 0.15) is 6.29 Å². The van der Waals surface area contributed by atoms with Gasteiger partial charge in [-0.2, -0.15) is 0 Å². The smallest absolute Gasteiger partial charge is 0.232 e. The molecule has 0 aromatic heterocycles. The molecule has 1 aliphatic heterocycles. The van der Waals surface area contributed by atoms with Crippen LogP contribution in [0.25, 0.3) is 0 Å². The van der Waals surface area contributed by atoms with Crippen molar-refractivity contribution >= 4 is 17.9 Å². The van der Waals surface area contributed by atoms with Gasteiger partial charge < -0.3 is 10.1 Å². The molecule has 106 valence electrons. The number of hydrogen-bond acceptors (Lipinski definition) is 2. The highest BCUT2D eigenvalue weighted by molar-refractivity contribution is 6.03. The lowest BCUT2D eigenvalue weighted by molar-refractivity contribution is -0.117. The van der Waals surface area contributed by atoms with E-state index < -0.39 is 0 Å². The molecule has 21 heavy (non-hydrogen) atoms. The zero-order valence-corrected chi connectivity index (χ0v) is 11.7. The zero-order chi connectivity index (χ0) is 14.7. The molecular formula is C18H17NO2. The summed E-state index contributed by atoms with van der Waals surface area (Å²) < 4.78 is 0. The van der Waals surface area contributed by atoms with Crippen LogP contribution in [0.2, 0.25) is 0 Å². The lowest BCUT2D eigenvalue weighted by atomic mass is 9.90. The van der Waals surface area contributed by atoms with Gasteiger partial charge in [-0.05, 0) is 35.6 Å². The summed E-state index contributed by atoms with van der Waals surface area (Å²) in [7, 11) is 0. The molecule has 1 aliphatic rings. The fraction of sp³-hybridized carbons (Fsp3) is 0.222. The van der Waals surface area contributed by atoms with Crippen LogP contribution in [0.4, 0.5) is 5.69 Å². The molecule has 0 radical (unpaired) electrons. The molecule has 1 atom stereocenters. The van der Waals surface area contributed by atoms with E-state index in [0.29, 0.717) is 12.8 Å². The fourth-order valence-electron chi connectivity index (χ4n) is 2.91. The molecule has 3 heteroatoms. The van der Waals surface area contributed by atoms with Gasteiger partial charge in [0.25, 0.3) is 0 Å². The Bertz CT molecular complexity index is 678. The second-order valence-corrected chi connectivity index (χ2v) is 5.31. The minimum Gasteiger partial charge on any atom is -0.325 e. The Labute approximate surface area is 124 Å². The first kappa shape index (κ1) is 13.6. The first-order chi connectivity index (χ1) is 10.3. The SMILES string of the molecule is O=CCCc1ccccc1CC1C(=O)Nc2ccccc21. The largest absolute Gasteiger partial charge is 0.325 e. The molecule has 0 fully saturated rings. The van der Waals surface area contributed by atoms with Gasteiger partial charge in [0.05, 0.1) is 5.92 Å². The number of amides is 1. The predicted octanol–water partition coefficient (Wildman–Crippen LogP) is 3.10. The Morgan fingerprint density at radius 1 is 1.00 bits per heavy atom. The maximum absolute atomic E-state index is 12.2. The molecule has 0 bridgehead atoms. The average molecular weight is 279 g/mol. The highest BCUT2D eigenvalue weighted by Gasteiger charge is 2.30. The summed E-state index contributed by atoms with van der Waals surface area (Å²) >= 11 is 0. The van der Waals surface area contributed by atoms with Crippen molar-refractivity contribution in [3.05, 3.63) is 65.2 Å². The number of nitrogens with one attached hydrogen (secondary N) is 1. The second kappa shape index (κ2) is 5.92. The Morgan fingerprint density at radius 3 is 2.52 bits per heavy atom. The highest BCUT2D eigenvalue weighted by atomic mass is 16.2. The van der Waals surface area contributed by atoms with Crippen molar-refractivity contribution in [1.82, 2.24) is 0 Å². The van der Waals surface area contributed by atoms with E-state index in [9.17, 15) is 9.59 Å². The quantitative estimate of drug-likeness (QED) is 0.855. The van der Waals surface area contributed by atoms with Crippen molar-refractivity contribution < 1.29 is 9.59 Å². The molecule has 2 aromatic carbocycles. The van der Waals surface area contributed by atoms with Crippen molar-refractivity contribution in [2.45, 2.75) is 25.2 Å². The van der Waals surface area contributed by atoms with E-state index >= 15 is 0 Å². The number of hydrogen-bond donors (Lipinski definition) is 1. The van der Waals surface area contributed by atoms with Crippen LogP contribution in [0.5, 0.6) is 0 Å². The molecular weight excluding hydrogens is 262 g/mol. The lowest BCUT2D eigenvalue weighted by Crippen LogP contribution is -2.15. The van der Waals surface area contributed by atoms with Crippen LogP contribution in [0, 0.1) is 0 Å². The molecule has 1 unspecified atom stereocenters. The summed E-state index contributed by atoms with van der Waals surface area (Å²) in [5.41, 5.74) is 4.28. The normalized spacial score (nSPS) is 16.4. The summed E-state index contributed by atoms with van der Waals surface area (Å²) in [5.74, 6) is -0.0834. The summed E-state index contributed by atoms with van der Waals surface area (Å²) in [6.07, 6.45) is 2.87. The first-order valence-corrected chi connectivity index (χ1v) is 7.20. The highest BCUT2D eigenvalue weighted by Crippen LogP contribution is 2.35. The van der Waals surface area contributed by atoms with Gasteiger partial charge in [0.2, 0.25) is 5.91 Å². The summed E-state index contributed by atoms with van der Waals surface area (Å²) in [6.45, 7) is 0. The third-order valence-electron chi connectivity index (χ3n) is 3.98. The monoisotopic (exact) mass is 279 g/mol. The van der Waals surface area contributed by atoms with Gasteiger partial charge in [-0.3, -0.25) is 4.79 Å². The van der Waals surface area contributed by atoms with E-state index in [2.05, 4.69) is 5.32 Å². The van der Waals surface area contributed by atoms with Crippen molar-refractivity contribution in [2.75, 3.05) is 5.32 Å². The van der Waals surface area contributed by atoms with Crippen LogP contribution < -0.4 is 5.32 Å². The number of aryl methyl sites for hydroxylation is 1. The number of para-hydroxylation sites is 1. The van der Waals surface area contributed by atoms with Crippen LogP contribution in [0.1, 0.15) is 29.0 Å². The first-order valence-electron chi connectivity index (χ1n) is 7.20. The van der Waals surface area contributed by atoms with E-state index in [0.717, 1.165) is 35.1 Å². The molecule has 1 N–H and O–H groups in total. The van der Waals surface area contributed by atoms with E-state index in [1.807, 2.05) is 48.5 Å². The molecule has 3 nitrogen and oxygen atoms in total. The lowest BCUT2D eigenvalue weighted by Gasteiger charge is -2.12. The van der Waals surface area contributed by atoms with Gasteiger partial charge in [-0.25, -0.2) is 0 Å². The van der Waals surface area contributed by atoms with Gasteiger partial charge in [-0.1, -0.05) is 42.5 Å². The van der Waals surface area contributed by atoms with Crippen LogP contribution in [-0.4, -0.2) is 12.2 Å². The van der Waals surface area contributed by atoms with E-state index in [4.69, 9.17) is 0 Å². The van der Waals surface area contributed by atoms with Crippen molar-refractivity contribution in [2.24, 2.45) is 0 Å². The second-order valence-electron chi connectivity index (χ2n) is 5.31. The predicted molar refractivity (Wildman–Crippen MR) is 82.3 cm³/mol. The van der Waals surface area contributed by atoms with E-state index in [1.54, 1.807) is 0 Å². The number of rotatable bonds is 5. The molecule has 0 saturated heterocycles. The van der Waals surface area contributed by atoms with Crippen LogP contribution in [0.3, 0.4) is 0 Å². The van der Waals surface area contributed by atoms with E-state index in [-0.39, 0.29) is 11.8 Å². The summed E-state index contributed by atoms with van der Waals surface area (Å²) in [6, 6.07) is 15.9. The standard InChI is InChI=1S/C18H17NO2/c20-11-5-8-13-6-1-2-7-14(13)12-16-15-9-3-4-10-17(15)19-18(16)21/h1-4,6-7,9-11,16H,5,8,12H2,(H,19,21). The van der Waals surface area contributed by atoms with Gasteiger partial charge in [-0.15, -0.1) is 0 Å². The van der Waals surface area contributed by atoms with Crippen LogP contribution >= 0.6 is 0 Å². The number of carbonyl (C=O) groups excluding carboxylic acids is 2. The Morgan fingerprint density at radius 2 is 1.71 bits per heavy atom. The van der Waals surface area contributed by atoms with Gasteiger partial charge in [0.15, 0.2) is 0 Å². The minimum absolute atomic E-state index is 0.0568. The molecule has 2 aromatic rings. The summed E-state index contributed by atoms with van der Waals surface area (Å²) in [4.78, 5) is 22.8. The summed E-state index contributed by atoms with van der Waals surface area (Å²) in [5, 5.41) is 2.94. The molecule has 0 saturated carbocycles. The minimum atomic E-state index is -0.140. The molecule has 3 rings (SSSR count). The molecule has 0 aliphatic carbocycles. The zero-order valence-electron chi connectivity index (χ0n) is 11.7. The maximum atomic E-state index is 12.2. The van der Waals surface area contributed by atoms with E-state index in [1.165, 1.54) is 0 Å². The van der Waals surface area contributed by atoms with Crippen molar-refractivity contribution in [3.63, 3.8) is 0 Å². The Hall–Kier alpha value is -2.42. The topological polar surface area (TPSA) is 46.2 Å². The van der Waals surface area contributed by atoms with Crippen LogP contribution in [0.15, 0.2) is 48.5 Å². The maximum Gasteiger partial charge on any atom is 0.232 e. The Kier molecular flexibility index (Phi) is 3.82. The van der Waals surface area contributed by atoms with Gasteiger partial charge in [0, 0.05) is 12.1 Å². The molecule has 1 amide bonds. The van der Waals surface area contributed by atoms with Crippen molar-refractivity contribution in [1.29, 1.82) is 0 Å². The van der Waals surface area contributed by atoms with Crippen LogP contribution in [-0.2, 0) is 22.4 Å². The third-order valence-corrected chi connectivity index (χ3v) is 3.98. The molecule has 1 heterocycles. The number of benzene rings is 2. The Balaban J connectivity index is 1.87. The van der Waals surface area contributed by atoms with Gasteiger partial charge >= 0.3 is 0 Å². The number of aldehydes is 1. The third kappa shape index (κ3) is 2.72. The number of anilines is 1. The molecule has 0 spiro atoms. The average Bonchev–Trinajstić information content (AvgIpc) is 2.82. The fourth-order valence-corrected chi connectivity index (χ4v) is 2.91. The van der Waals surface area contributed by atoms with Crippen molar-refractivity contribution in [3.8, 4) is 0 Å². The number of carbonyl (C=O) groups is 2.